The van der Waals surface area contributed by atoms with Crippen LogP contribution in [0.3, 0.4) is 0 Å². The number of hydrogen-bond donors (Lipinski definition) is 1. The van der Waals surface area contributed by atoms with Crippen molar-refractivity contribution in [2.75, 3.05) is 11.5 Å². The molecule has 1 N–H and O–H groups in total. The molecule has 8 nitrogen and oxygen atoms in total. The number of fused-ring (bicyclic) bond motifs is 1. The third-order valence-corrected chi connectivity index (χ3v) is 6.51. The van der Waals surface area contributed by atoms with Crippen LogP contribution in [0, 0.1) is 11.7 Å². The van der Waals surface area contributed by atoms with Crippen molar-refractivity contribution in [1.29, 1.82) is 0 Å². The summed E-state index contributed by atoms with van der Waals surface area (Å²) in [4.78, 5) is 20.9. The summed E-state index contributed by atoms with van der Waals surface area (Å²) in [6.45, 7) is 1.72. The first-order valence-electron chi connectivity index (χ1n) is 8.80. The van der Waals surface area contributed by atoms with Gasteiger partial charge in [0, 0.05) is 11.6 Å². The highest BCUT2D eigenvalue weighted by atomic mass is 32.2. The molecule has 0 aliphatic carbocycles. The molecule has 2 atom stereocenters. The fraction of sp³-hybridized carbons (Fsp3) is 0.333. The van der Waals surface area contributed by atoms with Crippen LogP contribution in [0.25, 0.3) is 16.9 Å². The molecule has 1 aliphatic rings. The highest BCUT2D eigenvalue weighted by Gasteiger charge is 2.33. The lowest BCUT2D eigenvalue weighted by atomic mass is 10.1. The van der Waals surface area contributed by atoms with Gasteiger partial charge in [-0.3, -0.25) is 4.79 Å². The number of nitrogens with one attached hydrogen (secondary N) is 1. The zero-order valence-corrected chi connectivity index (χ0v) is 15.9. The van der Waals surface area contributed by atoms with E-state index in [2.05, 4.69) is 20.4 Å². The van der Waals surface area contributed by atoms with Crippen molar-refractivity contribution >= 4 is 21.4 Å². The van der Waals surface area contributed by atoms with Gasteiger partial charge in [-0.05, 0) is 25.5 Å². The SMILES string of the molecule is C[C@@H](NC(=O)[C@H]1CCS(=O)(=O)C1)c1nc2cc(-c3ccccc3F)ncn2n1. The van der Waals surface area contributed by atoms with Crippen LogP contribution in [-0.4, -0.2) is 45.4 Å². The van der Waals surface area contributed by atoms with E-state index in [0.717, 1.165) is 0 Å². The third-order valence-electron chi connectivity index (χ3n) is 4.75. The van der Waals surface area contributed by atoms with Crippen molar-refractivity contribution in [3.63, 3.8) is 0 Å². The Hall–Kier alpha value is -2.88. The third kappa shape index (κ3) is 3.59. The summed E-state index contributed by atoms with van der Waals surface area (Å²) < 4.78 is 38.5. The predicted molar refractivity (Wildman–Crippen MR) is 99.5 cm³/mol. The van der Waals surface area contributed by atoms with E-state index in [1.165, 1.54) is 16.9 Å². The highest BCUT2D eigenvalue weighted by Crippen LogP contribution is 2.22. The van der Waals surface area contributed by atoms with Crippen molar-refractivity contribution in [3.05, 3.63) is 48.3 Å². The number of benzene rings is 1. The smallest absolute Gasteiger partial charge is 0.224 e. The number of sulfone groups is 1. The maximum Gasteiger partial charge on any atom is 0.224 e. The van der Waals surface area contributed by atoms with Crippen LogP contribution >= 0.6 is 0 Å². The van der Waals surface area contributed by atoms with Crippen LogP contribution in [0.5, 0.6) is 0 Å². The number of hydrogen-bond acceptors (Lipinski definition) is 6. The fourth-order valence-corrected chi connectivity index (χ4v) is 4.95. The van der Waals surface area contributed by atoms with Crippen LogP contribution in [0.4, 0.5) is 4.39 Å². The maximum absolute atomic E-state index is 14.0. The number of halogens is 1. The van der Waals surface area contributed by atoms with Crippen LogP contribution in [-0.2, 0) is 14.6 Å². The van der Waals surface area contributed by atoms with Gasteiger partial charge >= 0.3 is 0 Å². The molecule has 0 radical (unpaired) electrons. The molecule has 0 unspecified atom stereocenters. The molecule has 3 aromatic rings. The van der Waals surface area contributed by atoms with E-state index in [1.54, 1.807) is 31.2 Å². The summed E-state index contributed by atoms with van der Waals surface area (Å²) in [7, 11) is -3.13. The Bertz CT molecular complexity index is 1160. The van der Waals surface area contributed by atoms with Gasteiger partial charge in [-0.15, -0.1) is 5.10 Å². The van der Waals surface area contributed by atoms with Gasteiger partial charge in [-0.2, -0.15) is 0 Å². The number of carbonyl (C=O) groups is 1. The zero-order valence-electron chi connectivity index (χ0n) is 15.0. The number of carbonyl (C=O) groups excluding carboxylic acids is 1. The molecule has 1 aromatic carbocycles. The van der Waals surface area contributed by atoms with Gasteiger partial charge in [0.25, 0.3) is 0 Å². The molecule has 1 aliphatic heterocycles. The largest absolute Gasteiger partial charge is 0.346 e. The van der Waals surface area contributed by atoms with Crippen LogP contribution in [0.15, 0.2) is 36.7 Å². The summed E-state index contributed by atoms with van der Waals surface area (Å²) >= 11 is 0. The minimum atomic E-state index is -3.13. The molecular weight excluding hydrogens is 385 g/mol. The summed E-state index contributed by atoms with van der Waals surface area (Å²) in [5, 5.41) is 7.06. The molecular formula is C18H18FN5O3S. The molecule has 3 heterocycles. The summed E-state index contributed by atoms with van der Waals surface area (Å²) in [5.74, 6) is -0.972. The van der Waals surface area contributed by atoms with Gasteiger partial charge in [-0.1, -0.05) is 12.1 Å². The van der Waals surface area contributed by atoms with Crippen LogP contribution in [0.2, 0.25) is 0 Å². The van der Waals surface area contributed by atoms with Gasteiger partial charge in [0.05, 0.1) is 29.2 Å². The summed E-state index contributed by atoms with van der Waals surface area (Å²) in [6, 6.07) is 7.42. The molecule has 0 saturated carbocycles. The van der Waals surface area contributed by atoms with Crippen molar-refractivity contribution < 1.29 is 17.6 Å². The second-order valence-electron chi connectivity index (χ2n) is 6.86. The number of aromatic nitrogens is 4. The van der Waals surface area contributed by atoms with E-state index in [4.69, 9.17) is 0 Å². The molecule has 4 rings (SSSR count). The van der Waals surface area contributed by atoms with Gasteiger partial charge in [-0.25, -0.2) is 27.3 Å². The monoisotopic (exact) mass is 403 g/mol. The number of rotatable bonds is 4. The number of amides is 1. The van der Waals surface area contributed by atoms with E-state index in [0.29, 0.717) is 29.1 Å². The zero-order chi connectivity index (χ0) is 19.9. The predicted octanol–water partition coefficient (Wildman–Crippen LogP) is 1.54. The van der Waals surface area contributed by atoms with Crippen molar-refractivity contribution in [2.45, 2.75) is 19.4 Å². The molecule has 2 aromatic heterocycles. The molecule has 28 heavy (non-hydrogen) atoms. The minimum Gasteiger partial charge on any atom is -0.346 e. The maximum atomic E-state index is 14.0. The van der Waals surface area contributed by atoms with E-state index in [1.807, 2.05) is 0 Å². The van der Waals surface area contributed by atoms with E-state index in [9.17, 15) is 17.6 Å². The first kappa shape index (κ1) is 18.5. The van der Waals surface area contributed by atoms with Crippen molar-refractivity contribution in [1.82, 2.24) is 24.9 Å². The van der Waals surface area contributed by atoms with E-state index < -0.39 is 21.8 Å². The fourth-order valence-electron chi connectivity index (χ4n) is 3.21. The Morgan fingerprint density at radius 2 is 2.14 bits per heavy atom. The van der Waals surface area contributed by atoms with Crippen LogP contribution < -0.4 is 5.32 Å². The average Bonchev–Trinajstić information content (AvgIpc) is 3.24. The summed E-state index contributed by atoms with van der Waals surface area (Å²) in [6.07, 6.45) is 1.76. The standard InChI is InChI=1S/C18H18FN5O3S/c1-11(21-18(25)12-6-7-28(26,27)9-12)17-22-16-8-15(20-10-24(16)23-17)13-4-2-3-5-14(13)19/h2-5,8,10-12H,6-7,9H2,1H3,(H,21,25)/t11-,12+/m1/s1. The molecule has 1 fully saturated rings. The summed E-state index contributed by atoms with van der Waals surface area (Å²) in [5.41, 5.74) is 1.25. The van der Waals surface area contributed by atoms with Gasteiger partial charge in [0.1, 0.15) is 12.1 Å². The molecule has 1 amide bonds. The molecule has 1 saturated heterocycles. The Morgan fingerprint density at radius 3 is 2.86 bits per heavy atom. The first-order chi connectivity index (χ1) is 13.3. The number of nitrogens with zero attached hydrogens (tertiary/aromatic N) is 4. The van der Waals surface area contributed by atoms with Gasteiger partial charge < -0.3 is 5.32 Å². The van der Waals surface area contributed by atoms with Crippen molar-refractivity contribution in [3.8, 4) is 11.3 Å². The normalized spacial score (nSPS) is 19.6. The lowest BCUT2D eigenvalue weighted by Crippen LogP contribution is -2.33. The Balaban J connectivity index is 1.54. The highest BCUT2D eigenvalue weighted by molar-refractivity contribution is 7.91. The molecule has 0 bridgehead atoms. The Morgan fingerprint density at radius 1 is 1.36 bits per heavy atom. The second kappa shape index (κ2) is 6.93. The molecule has 10 heteroatoms. The topological polar surface area (TPSA) is 106 Å². The Kier molecular flexibility index (Phi) is 4.58. The van der Waals surface area contributed by atoms with Crippen LogP contribution in [0.1, 0.15) is 25.2 Å². The Labute approximate surface area is 160 Å². The minimum absolute atomic E-state index is 0.0383. The van der Waals surface area contributed by atoms with Crippen molar-refractivity contribution in [2.24, 2.45) is 5.92 Å². The van der Waals surface area contributed by atoms with Gasteiger partial charge in [0.2, 0.25) is 5.91 Å². The lowest BCUT2D eigenvalue weighted by Gasteiger charge is -2.13. The quantitative estimate of drug-likeness (QED) is 0.708. The molecule has 0 spiro atoms. The van der Waals surface area contributed by atoms with E-state index in [-0.39, 0.29) is 23.2 Å². The first-order valence-corrected chi connectivity index (χ1v) is 10.6. The van der Waals surface area contributed by atoms with Gasteiger partial charge in [0.15, 0.2) is 21.3 Å². The average molecular weight is 403 g/mol. The molecule has 146 valence electrons. The van der Waals surface area contributed by atoms with E-state index >= 15 is 0 Å². The lowest BCUT2D eigenvalue weighted by molar-refractivity contribution is -0.124. The second-order valence-corrected chi connectivity index (χ2v) is 9.09.